The maximum absolute atomic E-state index is 13.0. The second kappa shape index (κ2) is 7.10. The number of nitriles is 1. The molecule has 0 spiro atoms. The Labute approximate surface area is 137 Å². The van der Waals surface area contributed by atoms with Crippen LogP contribution in [-0.4, -0.2) is 28.9 Å². The van der Waals surface area contributed by atoms with Crippen molar-refractivity contribution in [2.75, 3.05) is 6.54 Å². The van der Waals surface area contributed by atoms with Gasteiger partial charge in [-0.1, -0.05) is 26.0 Å². The van der Waals surface area contributed by atoms with E-state index in [4.69, 9.17) is 0 Å². The fourth-order valence-corrected chi connectivity index (χ4v) is 2.39. The first-order valence-corrected chi connectivity index (χ1v) is 8.05. The largest absolute Gasteiger partial charge is 0.337 e. The Morgan fingerprint density at radius 1 is 1.43 bits per heavy atom. The summed E-state index contributed by atoms with van der Waals surface area (Å²) in [5.41, 5.74) is 0.125. The van der Waals surface area contributed by atoms with Crippen molar-refractivity contribution in [1.29, 1.82) is 5.26 Å². The van der Waals surface area contributed by atoms with Crippen molar-refractivity contribution < 1.29 is 9.18 Å². The molecule has 0 bridgehead atoms. The molecule has 0 heterocycles. The number of benzene rings is 1. The van der Waals surface area contributed by atoms with Crippen molar-refractivity contribution in [3.8, 4) is 6.07 Å². The van der Waals surface area contributed by atoms with Crippen LogP contribution in [0.25, 0.3) is 0 Å². The molecule has 4 nitrogen and oxygen atoms in total. The Hall–Kier alpha value is -1.93. The first kappa shape index (κ1) is 17.4. The summed E-state index contributed by atoms with van der Waals surface area (Å²) < 4.78 is 13.0. The van der Waals surface area contributed by atoms with E-state index in [-0.39, 0.29) is 24.2 Å². The summed E-state index contributed by atoms with van der Waals surface area (Å²) in [6.07, 6.45) is 2.16. The Balaban J connectivity index is 1.98. The monoisotopic (exact) mass is 317 g/mol. The van der Waals surface area contributed by atoms with Crippen LogP contribution in [-0.2, 0) is 11.3 Å². The van der Waals surface area contributed by atoms with Gasteiger partial charge in [0.25, 0.3) is 0 Å². The van der Waals surface area contributed by atoms with E-state index in [1.54, 1.807) is 19.1 Å². The number of hydrogen-bond donors (Lipinski definition) is 1. The molecule has 1 aromatic carbocycles. The van der Waals surface area contributed by atoms with Crippen LogP contribution in [0.3, 0.4) is 0 Å². The van der Waals surface area contributed by atoms with E-state index >= 15 is 0 Å². The minimum absolute atomic E-state index is 0.0305. The molecule has 0 saturated heterocycles. The minimum atomic E-state index is -0.859. The molecule has 1 fully saturated rings. The van der Waals surface area contributed by atoms with E-state index < -0.39 is 5.54 Å². The van der Waals surface area contributed by atoms with Crippen LogP contribution in [0, 0.1) is 23.1 Å². The van der Waals surface area contributed by atoms with Crippen molar-refractivity contribution in [3.05, 3.63) is 35.6 Å². The van der Waals surface area contributed by atoms with Gasteiger partial charge in [-0.15, -0.1) is 0 Å². The predicted molar refractivity (Wildman–Crippen MR) is 86.8 cm³/mol. The van der Waals surface area contributed by atoms with Gasteiger partial charge >= 0.3 is 0 Å². The van der Waals surface area contributed by atoms with Crippen molar-refractivity contribution in [2.24, 2.45) is 5.92 Å². The summed E-state index contributed by atoms with van der Waals surface area (Å²) in [4.78, 5) is 14.4. The molecular weight excluding hydrogens is 293 g/mol. The second-order valence-electron chi connectivity index (χ2n) is 6.78. The molecule has 1 aliphatic rings. The normalized spacial score (nSPS) is 16.9. The van der Waals surface area contributed by atoms with E-state index in [1.165, 1.54) is 12.1 Å². The molecule has 0 unspecified atom stereocenters. The molecule has 0 radical (unpaired) electrons. The Bertz CT molecular complexity index is 589. The molecule has 1 amide bonds. The molecule has 5 heteroatoms. The predicted octanol–water partition coefficient (Wildman–Crippen LogP) is 2.84. The van der Waals surface area contributed by atoms with Crippen LogP contribution in [0.15, 0.2) is 24.3 Å². The lowest BCUT2D eigenvalue weighted by Crippen LogP contribution is -2.52. The molecule has 124 valence electrons. The lowest BCUT2D eigenvalue weighted by molar-refractivity contribution is -0.124. The molecule has 0 aromatic heterocycles. The van der Waals surface area contributed by atoms with E-state index in [9.17, 15) is 14.4 Å². The first-order chi connectivity index (χ1) is 10.8. The third-order valence-electron chi connectivity index (χ3n) is 4.49. The SMILES string of the molecule is CC(C)[C@@](C)(C#N)NC(=O)CN(Cc1ccc(F)cc1)C1CC1. The number of halogens is 1. The lowest BCUT2D eigenvalue weighted by atomic mass is 9.90. The Morgan fingerprint density at radius 3 is 2.52 bits per heavy atom. The standard InChI is InChI=1S/C18H24FN3O/c1-13(2)18(3,12-20)21-17(23)11-22(16-8-9-16)10-14-4-6-15(19)7-5-14/h4-7,13,16H,8-11H2,1-3H3,(H,21,23)/t18-/m1/s1. The first-order valence-electron chi connectivity index (χ1n) is 8.05. The third kappa shape index (κ3) is 4.77. The summed E-state index contributed by atoms with van der Waals surface area (Å²) in [5.74, 6) is -0.370. The van der Waals surface area contributed by atoms with Crippen LogP contribution in [0.5, 0.6) is 0 Å². The van der Waals surface area contributed by atoms with E-state index in [2.05, 4.69) is 16.3 Å². The molecule has 0 aliphatic heterocycles. The van der Waals surface area contributed by atoms with E-state index in [1.807, 2.05) is 13.8 Å². The van der Waals surface area contributed by atoms with Crippen molar-refractivity contribution in [3.63, 3.8) is 0 Å². The highest BCUT2D eigenvalue weighted by Gasteiger charge is 2.34. The van der Waals surface area contributed by atoms with Crippen LogP contribution in [0.1, 0.15) is 39.2 Å². The van der Waals surface area contributed by atoms with Gasteiger partial charge in [0.05, 0.1) is 12.6 Å². The van der Waals surface area contributed by atoms with Crippen molar-refractivity contribution >= 4 is 5.91 Å². The van der Waals surface area contributed by atoms with Crippen LogP contribution < -0.4 is 5.32 Å². The highest BCUT2D eigenvalue weighted by molar-refractivity contribution is 5.79. The van der Waals surface area contributed by atoms with Gasteiger partial charge in [-0.05, 0) is 43.4 Å². The van der Waals surface area contributed by atoms with E-state index in [0.29, 0.717) is 12.6 Å². The van der Waals surface area contributed by atoms with Gasteiger partial charge < -0.3 is 5.32 Å². The van der Waals surface area contributed by atoms with E-state index in [0.717, 1.165) is 18.4 Å². The average molecular weight is 317 g/mol. The number of nitrogens with zero attached hydrogens (tertiary/aromatic N) is 2. The number of amides is 1. The molecule has 1 N–H and O–H groups in total. The molecule has 1 aliphatic carbocycles. The summed E-state index contributed by atoms with van der Waals surface area (Å²) >= 11 is 0. The topological polar surface area (TPSA) is 56.1 Å². The minimum Gasteiger partial charge on any atom is -0.337 e. The number of hydrogen-bond acceptors (Lipinski definition) is 3. The molecule has 1 aromatic rings. The smallest absolute Gasteiger partial charge is 0.235 e. The molecule has 1 saturated carbocycles. The summed E-state index contributed by atoms with van der Waals surface area (Å²) in [5, 5.41) is 12.2. The van der Waals surface area contributed by atoms with Gasteiger partial charge in [-0.25, -0.2) is 4.39 Å². The van der Waals surface area contributed by atoms with Gasteiger partial charge in [0.15, 0.2) is 0 Å². The lowest BCUT2D eigenvalue weighted by Gasteiger charge is -2.29. The van der Waals surface area contributed by atoms with Gasteiger partial charge in [0, 0.05) is 12.6 Å². The van der Waals surface area contributed by atoms with Gasteiger partial charge in [-0.2, -0.15) is 5.26 Å². The highest BCUT2D eigenvalue weighted by atomic mass is 19.1. The summed E-state index contributed by atoms with van der Waals surface area (Å²) in [6.45, 7) is 6.45. The molecule has 23 heavy (non-hydrogen) atoms. The fraction of sp³-hybridized carbons (Fsp3) is 0.556. The highest BCUT2D eigenvalue weighted by Crippen LogP contribution is 2.28. The quantitative estimate of drug-likeness (QED) is 0.841. The van der Waals surface area contributed by atoms with Crippen molar-refractivity contribution in [2.45, 2.75) is 51.7 Å². The number of rotatable bonds is 7. The van der Waals surface area contributed by atoms with Crippen LogP contribution in [0.2, 0.25) is 0 Å². The molecule has 1 atom stereocenters. The Morgan fingerprint density at radius 2 is 2.04 bits per heavy atom. The number of carbonyl (C=O) groups excluding carboxylic acids is 1. The van der Waals surface area contributed by atoms with Crippen LogP contribution >= 0.6 is 0 Å². The number of carbonyl (C=O) groups is 1. The summed E-state index contributed by atoms with van der Waals surface area (Å²) in [6, 6.07) is 8.96. The Kier molecular flexibility index (Phi) is 5.38. The van der Waals surface area contributed by atoms with Gasteiger partial charge in [0.1, 0.15) is 11.4 Å². The van der Waals surface area contributed by atoms with Gasteiger partial charge in [0.2, 0.25) is 5.91 Å². The van der Waals surface area contributed by atoms with Crippen molar-refractivity contribution in [1.82, 2.24) is 10.2 Å². The third-order valence-corrected chi connectivity index (χ3v) is 4.49. The second-order valence-corrected chi connectivity index (χ2v) is 6.78. The number of nitrogens with one attached hydrogen (secondary N) is 1. The fourth-order valence-electron chi connectivity index (χ4n) is 2.39. The maximum atomic E-state index is 13.0. The molecular formula is C18H24FN3O. The zero-order valence-corrected chi connectivity index (χ0v) is 14.0. The molecule has 2 rings (SSSR count). The zero-order chi connectivity index (χ0) is 17.0. The van der Waals surface area contributed by atoms with Crippen LogP contribution in [0.4, 0.5) is 4.39 Å². The maximum Gasteiger partial charge on any atom is 0.235 e. The van der Waals surface area contributed by atoms with Gasteiger partial charge in [-0.3, -0.25) is 9.69 Å². The summed E-state index contributed by atoms with van der Waals surface area (Å²) in [7, 11) is 0. The average Bonchev–Trinajstić information content (AvgIpc) is 3.33. The zero-order valence-electron chi connectivity index (χ0n) is 14.0.